The van der Waals surface area contributed by atoms with Crippen LogP contribution in [0.15, 0.2) is 0 Å². The highest BCUT2D eigenvalue weighted by molar-refractivity contribution is 5.78. The van der Waals surface area contributed by atoms with Gasteiger partial charge in [-0.3, -0.25) is 4.79 Å². The van der Waals surface area contributed by atoms with Crippen molar-refractivity contribution in [2.45, 2.75) is 57.8 Å². The first-order valence-corrected chi connectivity index (χ1v) is 8.74. The Morgan fingerprint density at radius 3 is 2.70 bits per heavy atom. The van der Waals surface area contributed by atoms with E-state index < -0.39 is 0 Å². The summed E-state index contributed by atoms with van der Waals surface area (Å²) in [5, 5.41) is 3.27. The fraction of sp³-hybridized carbons (Fsp3) is 0.941. The summed E-state index contributed by atoms with van der Waals surface area (Å²) >= 11 is 0. The Morgan fingerprint density at radius 2 is 2.00 bits per heavy atom. The summed E-state index contributed by atoms with van der Waals surface area (Å²) in [7, 11) is 0. The molecule has 3 nitrogen and oxygen atoms in total. The third-order valence-electron chi connectivity index (χ3n) is 6.15. The van der Waals surface area contributed by atoms with Crippen LogP contribution >= 0.6 is 0 Å². The average molecular weight is 278 g/mol. The minimum Gasteiger partial charge on any atom is -0.356 e. The van der Waals surface area contributed by atoms with Gasteiger partial charge in [-0.1, -0.05) is 19.3 Å². The number of fused-ring (bicyclic) bond motifs is 2. The molecule has 3 heteroatoms. The number of rotatable bonds is 5. The lowest BCUT2D eigenvalue weighted by Crippen LogP contribution is -2.37. The van der Waals surface area contributed by atoms with Gasteiger partial charge >= 0.3 is 0 Å². The van der Waals surface area contributed by atoms with Crippen LogP contribution < -0.4 is 11.1 Å². The third kappa shape index (κ3) is 3.19. The van der Waals surface area contributed by atoms with Crippen LogP contribution in [0.3, 0.4) is 0 Å². The largest absolute Gasteiger partial charge is 0.356 e. The van der Waals surface area contributed by atoms with Crippen LogP contribution in [0.2, 0.25) is 0 Å². The molecule has 0 aromatic carbocycles. The molecule has 0 aromatic heterocycles. The summed E-state index contributed by atoms with van der Waals surface area (Å²) in [6, 6.07) is 0. The topological polar surface area (TPSA) is 55.1 Å². The molecule has 3 aliphatic carbocycles. The molecular formula is C17H30N2O. The van der Waals surface area contributed by atoms with Crippen LogP contribution in [-0.4, -0.2) is 19.0 Å². The fourth-order valence-corrected chi connectivity index (χ4v) is 5.03. The molecular weight excluding hydrogens is 248 g/mol. The van der Waals surface area contributed by atoms with Crippen molar-refractivity contribution in [1.82, 2.24) is 5.32 Å². The molecule has 0 spiro atoms. The molecule has 20 heavy (non-hydrogen) atoms. The van der Waals surface area contributed by atoms with E-state index in [0.717, 1.165) is 50.1 Å². The van der Waals surface area contributed by atoms with Crippen LogP contribution in [0.25, 0.3) is 0 Å². The maximum absolute atomic E-state index is 12.4. The molecule has 0 radical (unpaired) electrons. The normalized spacial score (nSPS) is 40.0. The van der Waals surface area contributed by atoms with E-state index in [0.29, 0.717) is 11.8 Å². The van der Waals surface area contributed by atoms with Gasteiger partial charge in [0, 0.05) is 12.5 Å². The molecule has 5 atom stereocenters. The molecule has 5 unspecified atom stereocenters. The summed E-state index contributed by atoms with van der Waals surface area (Å²) in [4.78, 5) is 12.4. The van der Waals surface area contributed by atoms with E-state index in [-0.39, 0.29) is 5.92 Å². The van der Waals surface area contributed by atoms with E-state index >= 15 is 0 Å². The number of hydrogen-bond donors (Lipinski definition) is 2. The summed E-state index contributed by atoms with van der Waals surface area (Å²) < 4.78 is 0. The standard InChI is InChI=1S/C17H30N2O/c18-7-6-12-2-1-3-15(8-12)17(20)19-11-16-10-13-4-5-14(16)9-13/h12-16H,1-11,18H2,(H,19,20). The van der Waals surface area contributed by atoms with E-state index in [1.165, 1.54) is 38.5 Å². The zero-order chi connectivity index (χ0) is 13.9. The monoisotopic (exact) mass is 278 g/mol. The predicted molar refractivity (Wildman–Crippen MR) is 81.1 cm³/mol. The highest BCUT2D eigenvalue weighted by atomic mass is 16.1. The first-order valence-electron chi connectivity index (χ1n) is 8.74. The second kappa shape index (κ2) is 6.46. The fourth-order valence-electron chi connectivity index (χ4n) is 5.03. The van der Waals surface area contributed by atoms with Gasteiger partial charge < -0.3 is 11.1 Å². The van der Waals surface area contributed by atoms with E-state index in [1.807, 2.05) is 0 Å². The van der Waals surface area contributed by atoms with Crippen LogP contribution in [0, 0.1) is 29.6 Å². The van der Waals surface area contributed by atoms with Crippen LogP contribution in [0.4, 0.5) is 0 Å². The first kappa shape index (κ1) is 14.4. The van der Waals surface area contributed by atoms with Gasteiger partial charge in [-0.25, -0.2) is 0 Å². The minimum absolute atomic E-state index is 0.263. The van der Waals surface area contributed by atoms with E-state index in [2.05, 4.69) is 5.32 Å². The third-order valence-corrected chi connectivity index (χ3v) is 6.15. The molecule has 3 saturated carbocycles. The van der Waals surface area contributed by atoms with Crippen molar-refractivity contribution in [3.63, 3.8) is 0 Å². The summed E-state index contributed by atoms with van der Waals surface area (Å²) in [6.45, 7) is 1.71. The number of nitrogens with one attached hydrogen (secondary N) is 1. The van der Waals surface area contributed by atoms with Gasteiger partial charge in [0.05, 0.1) is 0 Å². The molecule has 3 aliphatic rings. The van der Waals surface area contributed by atoms with Gasteiger partial charge in [-0.2, -0.15) is 0 Å². The smallest absolute Gasteiger partial charge is 0.223 e. The van der Waals surface area contributed by atoms with Crippen molar-refractivity contribution in [2.24, 2.45) is 35.3 Å². The SMILES string of the molecule is NCCC1CCCC(C(=O)NCC2CC3CCC2C3)C1. The quantitative estimate of drug-likeness (QED) is 0.812. The van der Waals surface area contributed by atoms with Crippen LogP contribution in [0.5, 0.6) is 0 Å². The molecule has 0 aromatic rings. The molecule has 3 rings (SSSR count). The van der Waals surface area contributed by atoms with Crippen molar-refractivity contribution in [3.05, 3.63) is 0 Å². The Hall–Kier alpha value is -0.570. The van der Waals surface area contributed by atoms with Crippen LogP contribution in [0.1, 0.15) is 57.8 Å². The zero-order valence-corrected chi connectivity index (χ0v) is 12.7. The van der Waals surface area contributed by atoms with Gasteiger partial charge in [-0.05, 0) is 68.7 Å². The van der Waals surface area contributed by atoms with Crippen LogP contribution in [-0.2, 0) is 4.79 Å². The predicted octanol–water partition coefficient (Wildman–Crippen LogP) is 2.69. The summed E-state index contributed by atoms with van der Waals surface area (Å²) in [5.41, 5.74) is 5.66. The molecule has 0 aliphatic heterocycles. The van der Waals surface area contributed by atoms with Gasteiger partial charge in [-0.15, -0.1) is 0 Å². The molecule has 3 fully saturated rings. The number of carbonyl (C=O) groups is 1. The van der Waals surface area contributed by atoms with Crippen molar-refractivity contribution < 1.29 is 4.79 Å². The lowest BCUT2D eigenvalue weighted by molar-refractivity contribution is -0.126. The van der Waals surface area contributed by atoms with E-state index in [1.54, 1.807) is 0 Å². The average Bonchev–Trinajstić information content (AvgIpc) is 3.08. The van der Waals surface area contributed by atoms with Gasteiger partial charge in [0.1, 0.15) is 0 Å². The number of carbonyl (C=O) groups excluding carboxylic acids is 1. The van der Waals surface area contributed by atoms with E-state index in [4.69, 9.17) is 5.73 Å². The van der Waals surface area contributed by atoms with Crippen molar-refractivity contribution in [3.8, 4) is 0 Å². The van der Waals surface area contributed by atoms with Crippen molar-refractivity contribution in [2.75, 3.05) is 13.1 Å². The molecule has 2 bridgehead atoms. The second-order valence-corrected chi connectivity index (χ2v) is 7.49. The van der Waals surface area contributed by atoms with Gasteiger partial charge in [0.2, 0.25) is 5.91 Å². The first-order chi connectivity index (χ1) is 9.76. The molecule has 1 amide bonds. The van der Waals surface area contributed by atoms with Gasteiger partial charge in [0.25, 0.3) is 0 Å². The lowest BCUT2D eigenvalue weighted by Gasteiger charge is -2.29. The molecule has 3 N–H and O–H groups in total. The maximum atomic E-state index is 12.4. The summed E-state index contributed by atoms with van der Waals surface area (Å²) in [5.74, 6) is 3.95. The second-order valence-electron chi connectivity index (χ2n) is 7.49. The van der Waals surface area contributed by atoms with Gasteiger partial charge in [0.15, 0.2) is 0 Å². The zero-order valence-electron chi connectivity index (χ0n) is 12.7. The Bertz CT molecular complexity index is 342. The highest BCUT2D eigenvalue weighted by Gasteiger charge is 2.39. The number of nitrogens with two attached hydrogens (primary N) is 1. The Kier molecular flexibility index (Phi) is 4.65. The Balaban J connectivity index is 1.42. The Morgan fingerprint density at radius 1 is 1.10 bits per heavy atom. The minimum atomic E-state index is 0.263. The molecule has 114 valence electrons. The molecule has 0 saturated heterocycles. The van der Waals surface area contributed by atoms with Crippen molar-refractivity contribution >= 4 is 5.91 Å². The maximum Gasteiger partial charge on any atom is 0.223 e. The highest BCUT2D eigenvalue weighted by Crippen LogP contribution is 2.48. The van der Waals surface area contributed by atoms with E-state index in [9.17, 15) is 4.79 Å². The molecule has 0 heterocycles. The Labute approximate surface area is 123 Å². The van der Waals surface area contributed by atoms with Crippen molar-refractivity contribution in [1.29, 1.82) is 0 Å². The number of amides is 1. The lowest BCUT2D eigenvalue weighted by atomic mass is 9.79. The summed E-state index contributed by atoms with van der Waals surface area (Å²) in [6.07, 6.45) is 11.4. The number of hydrogen-bond acceptors (Lipinski definition) is 2.